The van der Waals surface area contributed by atoms with Crippen molar-refractivity contribution >= 4 is 35.3 Å². The zero-order valence-electron chi connectivity index (χ0n) is 31.5. The van der Waals surface area contributed by atoms with Gasteiger partial charge in [0, 0.05) is 13.1 Å². The Labute approximate surface area is 343 Å². The van der Waals surface area contributed by atoms with E-state index in [2.05, 4.69) is 10.6 Å². The third-order valence-electron chi connectivity index (χ3n) is 10.9. The standard InChI is InChI=1S/C43H30F6N8O4/c44-42(45,46)28-4-1-6-30(18-28)56-32-22-54(38(58)34(32)36(52-40(56)60)26-12-8-24(20-50)9-13-26)16-3-17-55-23-33-35(39(55)59)37(27-14-10-25(21-51)11-15-27)53-41(61)57(33)31-7-2-5-29(19-31)43(47,48)49/h1-2,4-15,18-19,36-37H,3,16-17,22-23H2,(H,52,60)(H,53,61)/t36-,37-/m1/s1. The second-order valence-corrected chi connectivity index (χ2v) is 14.5. The fraction of sp³-hybridized carbons (Fsp3) is 0.209. The minimum absolute atomic E-state index is 0.00142. The molecule has 308 valence electrons. The van der Waals surface area contributed by atoms with E-state index < -0.39 is 59.4 Å². The average Bonchev–Trinajstić information content (AvgIpc) is 3.74. The highest BCUT2D eigenvalue weighted by molar-refractivity contribution is 6.08. The molecule has 4 heterocycles. The number of rotatable bonds is 8. The van der Waals surface area contributed by atoms with Crippen molar-refractivity contribution in [3.8, 4) is 12.1 Å². The molecule has 4 aliphatic rings. The van der Waals surface area contributed by atoms with E-state index in [9.17, 15) is 56.0 Å². The number of urea groups is 2. The highest BCUT2D eigenvalue weighted by Crippen LogP contribution is 2.42. The molecule has 0 unspecified atom stereocenters. The summed E-state index contributed by atoms with van der Waals surface area (Å²) in [6.45, 7) is -0.372. The average molecular weight is 837 g/mol. The molecule has 4 aromatic rings. The number of carbonyl (C=O) groups excluding carboxylic acids is 4. The van der Waals surface area contributed by atoms with Crippen molar-refractivity contribution in [1.82, 2.24) is 20.4 Å². The van der Waals surface area contributed by atoms with Crippen LogP contribution in [0.4, 0.5) is 47.3 Å². The molecule has 6 amide bonds. The number of hydrogen-bond acceptors (Lipinski definition) is 6. The van der Waals surface area contributed by atoms with E-state index in [0.717, 1.165) is 46.2 Å². The third kappa shape index (κ3) is 7.37. The van der Waals surface area contributed by atoms with Gasteiger partial charge < -0.3 is 20.4 Å². The van der Waals surface area contributed by atoms with E-state index in [1.54, 1.807) is 24.3 Å². The Morgan fingerprint density at radius 2 is 0.951 bits per heavy atom. The van der Waals surface area contributed by atoms with Crippen LogP contribution < -0.4 is 20.4 Å². The molecule has 2 N–H and O–H groups in total. The van der Waals surface area contributed by atoms with E-state index in [0.29, 0.717) is 22.3 Å². The number of halogens is 6. The Balaban J connectivity index is 1.06. The predicted molar refractivity (Wildman–Crippen MR) is 205 cm³/mol. The first-order valence-corrected chi connectivity index (χ1v) is 18.7. The number of hydrogen-bond donors (Lipinski definition) is 2. The minimum atomic E-state index is -4.72. The van der Waals surface area contributed by atoms with Gasteiger partial charge in [-0.2, -0.15) is 36.9 Å². The van der Waals surface area contributed by atoms with Gasteiger partial charge >= 0.3 is 24.4 Å². The lowest BCUT2D eigenvalue weighted by molar-refractivity contribution is -0.138. The largest absolute Gasteiger partial charge is 0.416 e. The van der Waals surface area contributed by atoms with Crippen LogP contribution in [0.15, 0.2) is 120 Å². The van der Waals surface area contributed by atoms with Gasteiger partial charge in [-0.3, -0.25) is 19.4 Å². The fourth-order valence-electron chi connectivity index (χ4n) is 7.99. The summed E-state index contributed by atoms with van der Waals surface area (Å²) < 4.78 is 82.6. The lowest BCUT2D eigenvalue weighted by Gasteiger charge is -2.34. The predicted octanol–water partition coefficient (Wildman–Crippen LogP) is 7.29. The molecule has 0 bridgehead atoms. The van der Waals surface area contributed by atoms with E-state index in [4.69, 9.17) is 0 Å². The number of amides is 6. The van der Waals surface area contributed by atoms with Crippen LogP contribution in [0, 0.1) is 22.7 Å². The quantitative estimate of drug-likeness (QED) is 0.178. The summed E-state index contributed by atoms with van der Waals surface area (Å²) in [5, 5.41) is 24.1. The highest BCUT2D eigenvalue weighted by atomic mass is 19.4. The topological polar surface area (TPSA) is 153 Å². The summed E-state index contributed by atoms with van der Waals surface area (Å²) >= 11 is 0. The summed E-state index contributed by atoms with van der Waals surface area (Å²) in [5.74, 6) is -1.06. The zero-order chi connectivity index (χ0) is 43.4. The van der Waals surface area contributed by atoms with Gasteiger partial charge in [0.15, 0.2) is 0 Å². The molecule has 0 fully saturated rings. The Morgan fingerprint density at radius 1 is 0.574 bits per heavy atom. The Morgan fingerprint density at radius 3 is 1.30 bits per heavy atom. The summed E-state index contributed by atoms with van der Waals surface area (Å²) in [6, 6.07) is 20.9. The van der Waals surface area contributed by atoms with Crippen LogP contribution in [0.5, 0.6) is 0 Å². The van der Waals surface area contributed by atoms with Gasteiger partial charge in [0.25, 0.3) is 11.8 Å². The number of benzene rings is 4. The monoisotopic (exact) mass is 836 g/mol. The number of nitrogens with zero attached hydrogens (tertiary/aromatic N) is 6. The van der Waals surface area contributed by atoms with Crippen LogP contribution in [-0.2, 0) is 21.9 Å². The first-order valence-electron chi connectivity index (χ1n) is 18.7. The second kappa shape index (κ2) is 15.2. The molecule has 0 spiro atoms. The molecule has 8 rings (SSSR count). The Bertz CT molecular complexity index is 2460. The third-order valence-corrected chi connectivity index (χ3v) is 10.9. The molecule has 0 aromatic heterocycles. The molecular formula is C43H30F6N8O4. The van der Waals surface area contributed by atoms with Gasteiger partial charge in [-0.15, -0.1) is 0 Å². The molecule has 4 aromatic carbocycles. The maximum Gasteiger partial charge on any atom is 0.416 e. The molecule has 2 atom stereocenters. The van der Waals surface area contributed by atoms with Crippen molar-refractivity contribution in [2.24, 2.45) is 0 Å². The van der Waals surface area contributed by atoms with Gasteiger partial charge in [-0.1, -0.05) is 36.4 Å². The highest BCUT2D eigenvalue weighted by Gasteiger charge is 2.47. The molecule has 4 aliphatic heterocycles. The van der Waals surface area contributed by atoms with Crippen molar-refractivity contribution in [2.75, 3.05) is 36.0 Å². The van der Waals surface area contributed by atoms with E-state index >= 15 is 0 Å². The molecular weight excluding hydrogens is 807 g/mol. The first kappa shape index (κ1) is 40.2. The van der Waals surface area contributed by atoms with Gasteiger partial charge in [0.1, 0.15) is 0 Å². The number of alkyl halides is 6. The van der Waals surface area contributed by atoms with Crippen LogP contribution >= 0.6 is 0 Å². The number of anilines is 2. The lowest BCUT2D eigenvalue weighted by atomic mass is 9.94. The summed E-state index contributed by atoms with van der Waals surface area (Å²) in [6.07, 6.45) is -9.31. The van der Waals surface area contributed by atoms with Gasteiger partial charge in [-0.25, -0.2) is 9.59 Å². The molecule has 0 saturated heterocycles. The summed E-state index contributed by atoms with van der Waals surface area (Å²) in [4.78, 5) is 60.8. The number of nitrogens with one attached hydrogen (secondary N) is 2. The molecule has 0 saturated carbocycles. The smallest absolute Gasteiger partial charge is 0.333 e. The molecule has 18 heteroatoms. The normalized spacial score (nSPS) is 19.1. The molecule has 0 radical (unpaired) electrons. The van der Waals surface area contributed by atoms with Crippen LogP contribution in [0.25, 0.3) is 0 Å². The van der Waals surface area contributed by atoms with Gasteiger partial charge in [0.05, 0.1) is 93.5 Å². The lowest BCUT2D eigenvalue weighted by Crippen LogP contribution is -2.47. The van der Waals surface area contributed by atoms with Crippen LogP contribution in [-0.4, -0.2) is 59.9 Å². The van der Waals surface area contributed by atoms with Crippen molar-refractivity contribution < 1.29 is 45.5 Å². The first-order chi connectivity index (χ1) is 29.1. The van der Waals surface area contributed by atoms with Gasteiger partial charge in [-0.05, 0) is 78.2 Å². The van der Waals surface area contributed by atoms with E-state index in [1.165, 1.54) is 46.2 Å². The number of carbonyl (C=O) groups is 4. The van der Waals surface area contributed by atoms with Crippen molar-refractivity contribution in [1.29, 1.82) is 10.5 Å². The Hall–Kier alpha value is -7.60. The molecule has 61 heavy (non-hydrogen) atoms. The van der Waals surface area contributed by atoms with Crippen molar-refractivity contribution in [3.05, 3.63) is 153 Å². The summed E-state index contributed by atoms with van der Waals surface area (Å²) in [7, 11) is 0. The molecule has 0 aliphatic carbocycles. The van der Waals surface area contributed by atoms with Crippen LogP contribution in [0.1, 0.15) is 51.9 Å². The summed E-state index contributed by atoms with van der Waals surface area (Å²) in [5.41, 5.74) is -0.254. The van der Waals surface area contributed by atoms with E-state index in [1.807, 2.05) is 12.1 Å². The zero-order valence-corrected chi connectivity index (χ0v) is 31.5. The Kier molecular flexibility index (Phi) is 10.0. The van der Waals surface area contributed by atoms with Crippen LogP contribution in [0.3, 0.4) is 0 Å². The minimum Gasteiger partial charge on any atom is -0.333 e. The van der Waals surface area contributed by atoms with Crippen molar-refractivity contribution in [2.45, 2.75) is 30.9 Å². The van der Waals surface area contributed by atoms with E-state index in [-0.39, 0.29) is 66.5 Å². The molecule has 12 nitrogen and oxygen atoms in total. The number of nitriles is 2. The SMILES string of the molecule is N#Cc1ccc([C@H]2NC(=O)N(c3cccc(C(F)(F)F)c3)C3=C2C(=O)N(CCCN2CC4=C(C2=O)[C@@H](c2ccc(C#N)cc2)NC(=O)N4c2cccc(C(F)(F)F)c2)C3)cc1. The van der Waals surface area contributed by atoms with Gasteiger partial charge in [0.2, 0.25) is 0 Å². The maximum absolute atomic E-state index is 14.2. The second-order valence-electron chi connectivity index (χ2n) is 14.5. The fourth-order valence-corrected chi connectivity index (χ4v) is 7.99. The van der Waals surface area contributed by atoms with Crippen molar-refractivity contribution in [3.63, 3.8) is 0 Å². The van der Waals surface area contributed by atoms with Crippen LogP contribution in [0.2, 0.25) is 0 Å². The maximum atomic E-state index is 14.2.